The molecule has 0 spiro atoms. The van der Waals surface area contributed by atoms with Gasteiger partial charge in [-0.2, -0.15) is 0 Å². The van der Waals surface area contributed by atoms with Crippen LogP contribution in [-0.2, 0) is 13.1 Å². The molecular formula is C23H23Cl2FeN3. The predicted octanol–water partition coefficient (Wildman–Crippen LogP) is 7.19. The van der Waals surface area contributed by atoms with Gasteiger partial charge in [0.15, 0.2) is 0 Å². The summed E-state index contributed by atoms with van der Waals surface area (Å²) in [4.78, 5) is 13.8. The van der Waals surface area contributed by atoms with Gasteiger partial charge in [0.2, 0.25) is 0 Å². The van der Waals surface area contributed by atoms with Crippen molar-refractivity contribution in [2.75, 3.05) is 0 Å². The SMILES string of the molecule is Cc1cccc(N=Cc2cccc(C=Nc3cccc(C)c3C)n2)c1C.[Cl][Fe][Cl]. The summed E-state index contributed by atoms with van der Waals surface area (Å²) >= 11 is 0.194. The molecule has 0 aliphatic rings. The first kappa shape index (κ1) is 23.3. The van der Waals surface area contributed by atoms with E-state index in [1.54, 1.807) is 12.4 Å². The number of nitrogens with zero attached hydrogens (tertiary/aromatic N) is 3. The van der Waals surface area contributed by atoms with Crippen LogP contribution in [0.4, 0.5) is 11.4 Å². The van der Waals surface area contributed by atoms with Gasteiger partial charge in [0.05, 0.1) is 35.2 Å². The number of halogens is 2. The van der Waals surface area contributed by atoms with Crippen molar-refractivity contribution in [1.29, 1.82) is 0 Å². The van der Waals surface area contributed by atoms with Crippen LogP contribution >= 0.6 is 20.2 Å². The summed E-state index contributed by atoms with van der Waals surface area (Å²) in [6.45, 7) is 8.36. The molecule has 0 bridgehead atoms. The zero-order valence-corrected chi connectivity index (χ0v) is 19.4. The fourth-order valence-corrected chi connectivity index (χ4v) is 2.63. The van der Waals surface area contributed by atoms with Crippen molar-refractivity contribution in [2.45, 2.75) is 27.7 Å². The maximum atomic E-state index is 4.76. The molecule has 0 saturated heterocycles. The van der Waals surface area contributed by atoms with Gasteiger partial charge in [-0.1, -0.05) is 30.3 Å². The van der Waals surface area contributed by atoms with E-state index in [1.165, 1.54) is 22.3 Å². The normalized spacial score (nSPS) is 11.1. The topological polar surface area (TPSA) is 37.6 Å². The minimum atomic E-state index is 0.194. The molecular weight excluding hydrogens is 445 g/mol. The van der Waals surface area contributed by atoms with E-state index in [0.717, 1.165) is 22.8 Å². The van der Waals surface area contributed by atoms with Crippen molar-refractivity contribution in [3.05, 3.63) is 88.2 Å². The van der Waals surface area contributed by atoms with E-state index in [4.69, 9.17) is 20.2 Å². The van der Waals surface area contributed by atoms with E-state index in [0.29, 0.717) is 0 Å². The van der Waals surface area contributed by atoms with Crippen LogP contribution in [0.2, 0.25) is 0 Å². The molecule has 152 valence electrons. The van der Waals surface area contributed by atoms with Gasteiger partial charge >= 0.3 is 33.3 Å². The van der Waals surface area contributed by atoms with Crippen molar-refractivity contribution in [1.82, 2.24) is 4.98 Å². The standard InChI is InChI=1S/C23H23N3.2ClH.Fe/c1-16-8-5-12-22(18(16)3)24-14-20-10-7-11-21(26-20)15-25-23-13-6-9-17(2)19(23)4;;;/h5-15H,1-4H3;2*1H;/q;;;+2/p-2. The molecule has 0 atom stereocenters. The Morgan fingerprint density at radius 3 is 1.48 bits per heavy atom. The van der Waals surface area contributed by atoms with Crippen LogP contribution < -0.4 is 0 Å². The Labute approximate surface area is 187 Å². The number of aromatic nitrogens is 1. The number of rotatable bonds is 4. The number of benzene rings is 2. The van der Waals surface area contributed by atoms with Crippen LogP contribution in [0, 0.1) is 27.7 Å². The van der Waals surface area contributed by atoms with Crippen LogP contribution in [0.5, 0.6) is 0 Å². The summed E-state index contributed by atoms with van der Waals surface area (Å²) in [5.41, 5.74) is 8.44. The van der Waals surface area contributed by atoms with Crippen molar-refractivity contribution in [3.63, 3.8) is 0 Å². The summed E-state index contributed by atoms with van der Waals surface area (Å²) < 4.78 is 0. The molecule has 2 aromatic carbocycles. The summed E-state index contributed by atoms with van der Waals surface area (Å²) in [5.74, 6) is 0. The molecule has 0 N–H and O–H groups in total. The predicted molar refractivity (Wildman–Crippen MR) is 122 cm³/mol. The van der Waals surface area contributed by atoms with Gasteiger partial charge < -0.3 is 0 Å². The number of pyridine rings is 1. The summed E-state index contributed by atoms with van der Waals surface area (Å²) in [7, 11) is 9.53. The third-order valence-corrected chi connectivity index (χ3v) is 4.62. The van der Waals surface area contributed by atoms with Gasteiger partial charge in [0.1, 0.15) is 0 Å². The first-order valence-electron chi connectivity index (χ1n) is 8.99. The van der Waals surface area contributed by atoms with Crippen LogP contribution in [-0.4, -0.2) is 17.4 Å². The average molecular weight is 468 g/mol. The monoisotopic (exact) mass is 467 g/mol. The fourth-order valence-electron chi connectivity index (χ4n) is 2.63. The van der Waals surface area contributed by atoms with E-state index in [-0.39, 0.29) is 13.1 Å². The Balaban J connectivity index is 0.000000941. The maximum absolute atomic E-state index is 4.76. The van der Waals surface area contributed by atoms with E-state index >= 15 is 0 Å². The average Bonchev–Trinajstić information content (AvgIpc) is 2.71. The van der Waals surface area contributed by atoms with Crippen molar-refractivity contribution < 1.29 is 13.1 Å². The summed E-state index contributed by atoms with van der Waals surface area (Å²) in [5, 5.41) is 0. The van der Waals surface area contributed by atoms with E-state index < -0.39 is 0 Å². The van der Waals surface area contributed by atoms with Crippen molar-refractivity contribution >= 4 is 44.0 Å². The molecule has 0 saturated carbocycles. The zero-order valence-electron chi connectivity index (χ0n) is 16.8. The number of aliphatic imine (C=N–C) groups is 2. The number of hydrogen-bond acceptors (Lipinski definition) is 3. The Hall–Kier alpha value is -1.97. The Morgan fingerprint density at radius 1 is 0.690 bits per heavy atom. The Morgan fingerprint density at radius 2 is 1.07 bits per heavy atom. The Kier molecular flexibility index (Phi) is 9.56. The molecule has 0 unspecified atom stereocenters. The molecule has 0 amide bonds. The minimum absolute atomic E-state index is 0.194. The molecule has 3 rings (SSSR count). The van der Waals surface area contributed by atoms with Gasteiger partial charge in [0.25, 0.3) is 0 Å². The third-order valence-electron chi connectivity index (χ3n) is 4.62. The van der Waals surface area contributed by atoms with Crippen LogP contribution in [0.1, 0.15) is 33.6 Å². The van der Waals surface area contributed by atoms with Gasteiger partial charge in [-0.05, 0) is 74.2 Å². The van der Waals surface area contributed by atoms with Crippen molar-refractivity contribution in [2.24, 2.45) is 9.98 Å². The molecule has 1 aromatic heterocycles. The zero-order chi connectivity index (χ0) is 21.2. The molecule has 1 heterocycles. The molecule has 0 radical (unpaired) electrons. The summed E-state index contributed by atoms with van der Waals surface area (Å²) in [6, 6.07) is 18.1. The molecule has 0 fully saturated rings. The first-order valence-corrected chi connectivity index (χ1v) is 12.0. The molecule has 3 nitrogen and oxygen atoms in total. The molecule has 29 heavy (non-hydrogen) atoms. The molecule has 0 aliphatic carbocycles. The van der Waals surface area contributed by atoms with E-state index in [2.05, 4.69) is 54.8 Å². The number of aryl methyl sites for hydroxylation is 2. The van der Waals surface area contributed by atoms with Crippen LogP contribution in [0.3, 0.4) is 0 Å². The van der Waals surface area contributed by atoms with E-state index in [9.17, 15) is 0 Å². The Bertz CT molecular complexity index is 940. The second-order valence-electron chi connectivity index (χ2n) is 6.49. The quantitative estimate of drug-likeness (QED) is 0.295. The third kappa shape index (κ3) is 7.09. The van der Waals surface area contributed by atoms with Gasteiger partial charge in [-0.15, -0.1) is 0 Å². The van der Waals surface area contributed by atoms with Crippen LogP contribution in [0.15, 0.2) is 64.6 Å². The van der Waals surface area contributed by atoms with Crippen molar-refractivity contribution in [3.8, 4) is 0 Å². The van der Waals surface area contributed by atoms with Gasteiger partial charge in [-0.25, -0.2) is 4.98 Å². The summed E-state index contributed by atoms with van der Waals surface area (Å²) in [6.07, 6.45) is 3.61. The van der Waals surface area contributed by atoms with Crippen LogP contribution in [0.25, 0.3) is 0 Å². The molecule has 3 aromatic rings. The van der Waals surface area contributed by atoms with E-state index in [1.807, 2.05) is 42.5 Å². The molecule has 6 heteroatoms. The van der Waals surface area contributed by atoms with Gasteiger partial charge in [-0.3, -0.25) is 9.98 Å². The van der Waals surface area contributed by atoms with Gasteiger partial charge in [0, 0.05) is 0 Å². The second-order valence-corrected chi connectivity index (χ2v) is 8.32. The number of hydrogen-bond donors (Lipinski definition) is 0. The second kappa shape index (κ2) is 11.9. The fraction of sp³-hybridized carbons (Fsp3) is 0.174. The first-order chi connectivity index (χ1) is 14.0. The molecule has 0 aliphatic heterocycles.